The molecule has 1 N–H and O–H groups in total. The summed E-state index contributed by atoms with van der Waals surface area (Å²) in [5.74, 6) is -1.35. The molecule has 0 unspecified atom stereocenters. The smallest absolute Gasteiger partial charge is 0.416 e. The molecule has 0 saturated heterocycles. The Hall–Kier alpha value is -2.38. The van der Waals surface area contributed by atoms with Crippen molar-refractivity contribution >= 4 is 11.7 Å². The van der Waals surface area contributed by atoms with Crippen molar-refractivity contribution in [3.05, 3.63) is 41.3 Å². The fraction of sp³-hybridized carbons (Fsp3) is 0.308. The van der Waals surface area contributed by atoms with Crippen molar-refractivity contribution < 1.29 is 27.8 Å². The fourth-order valence-corrected chi connectivity index (χ4v) is 1.31. The summed E-state index contributed by atoms with van der Waals surface area (Å²) >= 11 is 0. The van der Waals surface area contributed by atoms with E-state index in [1.807, 2.05) is 0 Å². The van der Waals surface area contributed by atoms with Crippen LogP contribution in [0.2, 0.25) is 0 Å². The van der Waals surface area contributed by atoms with Crippen molar-refractivity contribution in [3.63, 3.8) is 0 Å². The van der Waals surface area contributed by atoms with E-state index in [0.29, 0.717) is 0 Å². The fourth-order valence-electron chi connectivity index (χ4n) is 1.31. The highest BCUT2D eigenvalue weighted by Gasteiger charge is 2.30. The lowest BCUT2D eigenvalue weighted by Crippen LogP contribution is -2.07. The number of rotatable bonds is 4. The molecule has 0 radical (unpaired) electrons. The highest BCUT2D eigenvalue weighted by Crippen LogP contribution is 2.31. The van der Waals surface area contributed by atoms with Crippen LogP contribution >= 0.6 is 0 Å². The van der Waals surface area contributed by atoms with Crippen LogP contribution in [0.25, 0.3) is 0 Å². The minimum atomic E-state index is -4.50. The summed E-state index contributed by atoms with van der Waals surface area (Å²) in [6.45, 7) is 2.82. The molecule has 114 valence electrons. The first kappa shape index (κ1) is 16.7. The van der Waals surface area contributed by atoms with Crippen LogP contribution in [0.5, 0.6) is 0 Å². The number of carbonyl (C=O) groups is 1. The SMILES string of the molecule is CCOC(=O)/C(N=Nc1cccc(C(F)(F)F)c1)=C(\C)O. The van der Waals surface area contributed by atoms with Gasteiger partial charge in [0.2, 0.25) is 5.70 Å². The van der Waals surface area contributed by atoms with Gasteiger partial charge in [0.05, 0.1) is 17.9 Å². The highest BCUT2D eigenvalue weighted by atomic mass is 19.4. The van der Waals surface area contributed by atoms with Gasteiger partial charge in [0.15, 0.2) is 0 Å². The summed E-state index contributed by atoms with van der Waals surface area (Å²) in [4.78, 5) is 11.5. The molecule has 8 heteroatoms. The monoisotopic (exact) mass is 302 g/mol. The third-order valence-corrected chi connectivity index (χ3v) is 2.25. The number of aliphatic hydroxyl groups is 1. The summed E-state index contributed by atoms with van der Waals surface area (Å²) in [7, 11) is 0. The van der Waals surface area contributed by atoms with Crippen LogP contribution in [0.15, 0.2) is 46.0 Å². The summed E-state index contributed by atoms with van der Waals surface area (Å²) in [5, 5.41) is 16.3. The molecule has 0 aliphatic rings. The molecule has 0 bridgehead atoms. The van der Waals surface area contributed by atoms with E-state index < -0.39 is 29.2 Å². The minimum absolute atomic E-state index is 0.0642. The number of hydrogen-bond acceptors (Lipinski definition) is 5. The molecule has 0 saturated carbocycles. The predicted octanol–water partition coefficient (Wildman–Crippen LogP) is 4.14. The van der Waals surface area contributed by atoms with E-state index in [2.05, 4.69) is 15.0 Å². The number of aliphatic hydroxyl groups excluding tert-OH is 1. The summed E-state index contributed by atoms with van der Waals surface area (Å²) < 4.78 is 42.2. The molecule has 0 fully saturated rings. The number of hydrogen-bond donors (Lipinski definition) is 1. The van der Waals surface area contributed by atoms with Crippen LogP contribution < -0.4 is 0 Å². The molecule has 0 atom stereocenters. The standard InChI is InChI=1S/C13H13F3N2O3/c1-3-21-12(20)11(8(2)19)18-17-10-6-4-5-9(7-10)13(14,15)16/h4-7,19H,3H2,1-2H3/b11-8-,18-17?. The molecule has 0 spiro atoms. The normalized spacial score (nSPS) is 13.2. The number of nitrogens with zero attached hydrogens (tertiary/aromatic N) is 2. The van der Waals surface area contributed by atoms with E-state index in [-0.39, 0.29) is 12.3 Å². The molecule has 0 aromatic heterocycles. The lowest BCUT2D eigenvalue weighted by molar-refractivity contribution is -0.139. The summed E-state index contributed by atoms with van der Waals surface area (Å²) in [6, 6.07) is 4.11. The quantitative estimate of drug-likeness (QED) is 0.393. The van der Waals surface area contributed by atoms with Gasteiger partial charge >= 0.3 is 12.1 Å². The van der Waals surface area contributed by atoms with Crippen LogP contribution in [0.1, 0.15) is 19.4 Å². The van der Waals surface area contributed by atoms with Crippen LogP contribution in [0.4, 0.5) is 18.9 Å². The van der Waals surface area contributed by atoms with Gasteiger partial charge in [0.25, 0.3) is 0 Å². The van der Waals surface area contributed by atoms with E-state index in [1.165, 1.54) is 13.0 Å². The molecule has 1 aromatic carbocycles. The Balaban J connectivity index is 3.04. The zero-order valence-corrected chi connectivity index (χ0v) is 11.3. The number of azo groups is 1. The first-order chi connectivity index (χ1) is 9.75. The third-order valence-electron chi connectivity index (χ3n) is 2.25. The summed E-state index contributed by atoms with van der Waals surface area (Å²) in [6.07, 6.45) is -4.50. The number of benzene rings is 1. The molecular formula is C13H13F3N2O3. The Kier molecular flexibility index (Phi) is 5.45. The molecule has 0 aliphatic carbocycles. The molecule has 21 heavy (non-hydrogen) atoms. The predicted molar refractivity (Wildman–Crippen MR) is 67.9 cm³/mol. The van der Waals surface area contributed by atoms with E-state index >= 15 is 0 Å². The molecular weight excluding hydrogens is 289 g/mol. The second-order valence-electron chi connectivity index (χ2n) is 3.90. The Morgan fingerprint density at radius 3 is 2.57 bits per heavy atom. The number of esters is 1. The third kappa shape index (κ3) is 4.90. The average Bonchev–Trinajstić information content (AvgIpc) is 2.38. The first-order valence-corrected chi connectivity index (χ1v) is 5.91. The van der Waals surface area contributed by atoms with Gasteiger partial charge < -0.3 is 9.84 Å². The minimum Gasteiger partial charge on any atom is -0.510 e. The van der Waals surface area contributed by atoms with Crippen LogP contribution in [-0.4, -0.2) is 17.7 Å². The zero-order valence-electron chi connectivity index (χ0n) is 11.3. The van der Waals surface area contributed by atoms with E-state index in [9.17, 15) is 23.1 Å². The maximum absolute atomic E-state index is 12.5. The van der Waals surface area contributed by atoms with Gasteiger partial charge in [0, 0.05) is 0 Å². The van der Waals surface area contributed by atoms with Crippen molar-refractivity contribution in [3.8, 4) is 0 Å². The van der Waals surface area contributed by atoms with Crippen molar-refractivity contribution in [1.82, 2.24) is 0 Å². The molecule has 0 amide bonds. The first-order valence-electron chi connectivity index (χ1n) is 5.91. The van der Waals surface area contributed by atoms with Gasteiger partial charge in [-0.2, -0.15) is 18.3 Å². The topological polar surface area (TPSA) is 71.2 Å². The van der Waals surface area contributed by atoms with Gasteiger partial charge in [-0.05, 0) is 32.0 Å². The number of carbonyl (C=O) groups excluding carboxylic acids is 1. The van der Waals surface area contributed by atoms with Gasteiger partial charge in [-0.25, -0.2) is 4.79 Å². The van der Waals surface area contributed by atoms with Crippen molar-refractivity contribution in [1.29, 1.82) is 0 Å². The van der Waals surface area contributed by atoms with Gasteiger partial charge in [-0.15, -0.1) is 5.11 Å². The average molecular weight is 302 g/mol. The lowest BCUT2D eigenvalue weighted by Gasteiger charge is -2.06. The summed E-state index contributed by atoms with van der Waals surface area (Å²) in [5.41, 5.74) is -1.46. The van der Waals surface area contributed by atoms with E-state index in [1.54, 1.807) is 6.92 Å². The van der Waals surface area contributed by atoms with Crippen LogP contribution in [0, 0.1) is 0 Å². The number of alkyl halides is 3. The van der Waals surface area contributed by atoms with Crippen LogP contribution in [-0.2, 0) is 15.7 Å². The Morgan fingerprint density at radius 2 is 2.05 bits per heavy atom. The molecule has 5 nitrogen and oxygen atoms in total. The van der Waals surface area contributed by atoms with Crippen molar-refractivity contribution in [2.45, 2.75) is 20.0 Å². The van der Waals surface area contributed by atoms with E-state index in [4.69, 9.17) is 0 Å². The van der Waals surface area contributed by atoms with Gasteiger partial charge in [-0.1, -0.05) is 6.07 Å². The van der Waals surface area contributed by atoms with Gasteiger partial charge in [0.1, 0.15) is 5.76 Å². The Bertz CT molecular complexity index is 576. The molecule has 1 aromatic rings. The van der Waals surface area contributed by atoms with Crippen LogP contribution in [0.3, 0.4) is 0 Å². The zero-order chi connectivity index (χ0) is 16.0. The Labute approximate surface area is 118 Å². The molecule has 0 heterocycles. The van der Waals surface area contributed by atoms with Gasteiger partial charge in [-0.3, -0.25) is 0 Å². The Morgan fingerprint density at radius 1 is 1.38 bits per heavy atom. The largest absolute Gasteiger partial charge is 0.510 e. The van der Waals surface area contributed by atoms with Crippen molar-refractivity contribution in [2.24, 2.45) is 10.2 Å². The number of halogens is 3. The molecule has 0 aliphatic heterocycles. The number of ether oxygens (including phenoxy) is 1. The molecule has 1 rings (SSSR count). The second kappa shape index (κ2) is 6.87. The lowest BCUT2D eigenvalue weighted by atomic mass is 10.2. The highest BCUT2D eigenvalue weighted by molar-refractivity contribution is 5.88. The number of allylic oxidation sites excluding steroid dienone is 1. The maximum Gasteiger partial charge on any atom is 0.416 e. The maximum atomic E-state index is 12.5. The second-order valence-corrected chi connectivity index (χ2v) is 3.90. The van der Waals surface area contributed by atoms with E-state index in [0.717, 1.165) is 18.2 Å². The van der Waals surface area contributed by atoms with Crippen molar-refractivity contribution in [2.75, 3.05) is 6.61 Å².